The number of hydrogen-bond donors (Lipinski definition) is 2. The van der Waals surface area contributed by atoms with Crippen molar-refractivity contribution in [3.05, 3.63) is 29.8 Å². The van der Waals surface area contributed by atoms with Gasteiger partial charge in [-0.3, -0.25) is 4.79 Å². The van der Waals surface area contributed by atoms with Crippen molar-refractivity contribution in [2.24, 2.45) is 0 Å². The van der Waals surface area contributed by atoms with Crippen molar-refractivity contribution in [2.75, 3.05) is 25.1 Å². The van der Waals surface area contributed by atoms with Crippen molar-refractivity contribution in [1.29, 1.82) is 0 Å². The fraction of sp³-hybridized carbons (Fsp3) is 0.533. The number of rotatable bonds is 9. The lowest BCUT2D eigenvalue weighted by molar-refractivity contribution is -0.116. The van der Waals surface area contributed by atoms with Crippen LogP contribution in [-0.2, 0) is 16.0 Å². The maximum Gasteiger partial charge on any atom is 0.224 e. The third-order valence-corrected chi connectivity index (χ3v) is 2.73. The van der Waals surface area contributed by atoms with Crippen LogP contribution in [0.2, 0.25) is 0 Å². The summed E-state index contributed by atoms with van der Waals surface area (Å²) in [5.74, 6) is 0.0130. The molecule has 1 rings (SSSR count). The molecule has 4 heteroatoms. The maximum atomic E-state index is 11.7. The standard InChI is InChI=1S/C15H23NO3/c1-2-19-11-5-9-15(18)16-14-8-3-6-13(12-14)7-4-10-17/h3,6,8,12,17H,2,4-5,7,9-11H2,1H3,(H,16,18). The molecule has 1 aromatic carbocycles. The summed E-state index contributed by atoms with van der Waals surface area (Å²) in [7, 11) is 0. The Labute approximate surface area is 114 Å². The molecule has 1 amide bonds. The molecule has 0 spiro atoms. The first-order valence-corrected chi connectivity index (χ1v) is 6.83. The Morgan fingerprint density at radius 2 is 2.21 bits per heavy atom. The van der Waals surface area contributed by atoms with Crippen LogP contribution >= 0.6 is 0 Å². The Morgan fingerprint density at radius 3 is 2.95 bits per heavy atom. The lowest BCUT2D eigenvalue weighted by Crippen LogP contribution is -2.12. The van der Waals surface area contributed by atoms with E-state index in [0.29, 0.717) is 19.6 Å². The fourth-order valence-electron chi connectivity index (χ4n) is 1.79. The fourth-order valence-corrected chi connectivity index (χ4v) is 1.79. The number of carbonyl (C=O) groups is 1. The molecule has 106 valence electrons. The van der Waals surface area contributed by atoms with E-state index in [0.717, 1.165) is 30.5 Å². The first kappa shape index (κ1) is 15.7. The highest BCUT2D eigenvalue weighted by Crippen LogP contribution is 2.12. The highest BCUT2D eigenvalue weighted by molar-refractivity contribution is 5.90. The molecule has 1 aromatic rings. The number of nitrogens with one attached hydrogen (secondary N) is 1. The van der Waals surface area contributed by atoms with Crippen molar-refractivity contribution in [3.63, 3.8) is 0 Å². The van der Waals surface area contributed by atoms with Crippen molar-refractivity contribution >= 4 is 11.6 Å². The van der Waals surface area contributed by atoms with Gasteiger partial charge in [0.15, 0.2) is 0 Å². The summed E-state index contributed by atoms with van der Waals surface area (Å²) in [5, 5.41) is 11.7. The molecule has 0 atom stereocenters. The van der Waals surface area contributed by atoms with Gasteiger partial charge in [-0.25, -0.2) is 0 Å². The largest absolute Gasteiger partial charge is 0.396 e. The molecule has 2 N–H and O–H groups in total. The van der Waals surface area contributed by atoms with E-state index in [1.807, 2.05) is 31.2 Å². The van der Waals surface area contributed by atoms with Crippen LogP contribution in [0.3, 0.4) is 0 Å². The predicted molar refractivity (Wildman–Crippen MR) is 76.2 cm³/mol. The molecule has 0 saturated heterocycles. The number of aryl methyl sites for hydroxylation is 1. The summed E-state index contributed by atoms with van der Waals surface area (Å²) in [6.45, 7) is 3.45. The van der Waals surface area contributed by atoms with Crippen LogP contribution in [0.25, 0.3) is 0 Å². The Balaban J connectivity index is 2.36. The first-order valence-electron chi connectivity index (χ1n) is 6.83. The van der Waals surface area contributed by atoms with Crippen LogP contribution < -0.4 is 5.32 Å². The Bertz CT molecular complexity index is 379. The molecule has 0 radical (unpaired) electrons. The molecule has 0 unspecified atom stereocenters. The Kier molecular flexibility index (Phi) is 7.86. The number of anilines is 1. The van der Waals surface area contributed by atoms with Gasteiger partial charge in [0, 0.05) is 31.9 Å². The van der Waals surface area contributed by atoms with Gasteiger partial charge in [0.2, 0.25) is 5.91 Å². The van der Waals surface area contributed by atoms with Crippen molar-refractivity contribution in [1.82, 2.24) is 0 Å². The zero-order chi connectivity index (χ0) is 13.9. The quantitative estimate of drug-likeness (QED) is 0.674. The SMILES string of the molecule is CCOCCCC(=O)Nc1cccc(CCCO)c1. The van der Waals surface area contributed by atoms with E-state index in [9.17, 15) is 4.79 Å². The number of ether oxygens (including phenoxy) is 1. The van der Waals surface area contributed by atoms with E-state index in [1.165, 1.54) is 0 Å². The van der Waals surface area contributed by atoms with Crippen LogP contribution in [0, 0.1) is 0 Å². The molecule has 19 heavy (non-hydrogen) atoms. The van der Waals surface area contributed by atoms with Crippen LogP contribution in [0.4, 0.5) is 5.69 Å². The second-order valence-electron chi connectivity index (χ2n) is 4.38. The van der Waals surface area contributed by atoms with Crippen LogP contribution in [0.1, 0.15) is 31.7 Å². The second kappa shape index (κ2) is 9.53. The van der Waals surface area contributed by atoms with Crippen molar-refractivity contribution in [2.45, 2.75) is 32.6 Å². The average molecular weight is 265 g/mol. The molecular formula is C15H23NO3. The summed E-state index contributed by atoms with van der Waals surface area (Å²) in [5.41, 5.74) is 1.94. The summed E-state index contributed by atoms with van der Waals surface area (Å²) < 4.78 is 5.19. The second-order valence-corrected chi connectivity index (χ2v) is 4.38. The van der Waals surface area contributed by atoms with Gasteiger partial charge in [-0.1, -0.05) is 12.1 Å². The van der Waals surface area contributed by atoms with Gasteiger partial charge in [0.1, 0.15) is 0 Å². The highest BCUT2D eigenvalue weighted by Gasteiger charge is 2.03. The lowest BCUT2D eigenvalue weighted by Gasteiger charge is -2.07. The van der Waals surface area contributed by atoms with Crippen LogP contribution in [0.5, 0.6) is 0 Å². The number of benzene rings is 1. The average Bonchev–Trinajstić information content (AvgIpc) is 2.42. The zero-order valence-corrected chi connectivity index (χ0v) is 11.5. The van der Waals surface area contributed by atoms with Gasteiger partial charge >= 0.3 is 0 Å². The van der Waals surface area contributed by atoms with Gasteiger partial charge in [-0.2, -0.15) is 0 Å². The summed E-state index contributed by atoms with van der Waals surface area (Å²) in [6.07, 6.45) is 2.78. The van der Waals surface area contributed by atoms with Gasteiger partial charge in [0.05, 0.1) is 0 Å². The molecule has 0 aromatic heterocycles. The number of hydrogen-bond acceptors (Lipinski definition) is 3. The minimum Gasteiger partial charge on any atom is -0.396 e. The molecule has 0 fully saturated rings. The van der Waals surface area contributed by atoms with Gasteiger partial charge in [-0.15, -0.1) is 0 Å². The van der Waals surface area contributed by atoms with Gasteiger partial charge in [0.25, 0.3) is 0 Å². The van der Waals surface area contributed by atoms with Crippen LogP contribution in [0.15, 0.2) is 24.3 Å². The molecule has 4 nitrogen and oxygen atoms in total. The summed E-state index contributed by atoms with van der Waals surface area (Å²) in [4.78, 5) is 11.7. The third kappa shape index (κ3) is 6.94. The molecular weight excluding hydrogens is 242 g/mol. The number of carbonyl (C=O) groups excluding carboxylic acids is 1. The van der Waals surface area contributed by atoms with Gasteiger partial charge < -0.3 is 15.2 Å². The topological polar surface area (TPSA) is 58.6 Å². The zero-order valence-electron chi connectivity index (χ0n) is 11.5. The minimum atomic E-state index is 0.0130. The summed E-state index contributed by atoms with van der Waals surface area (Å²) in [6, 6.07) is 7.75. The maximum absolute atomic E-state index is 11.7. The van der Waals surface area contributed by atoms with Crippen molar-refractivity contribution < 1.29 is 14.6 Å². The van der Waals surface area contributed by atoms with E-state index in [4.69, 9.17) is 9.84 Å². The lowest BCUT2D eigenvalue weighted by atomic mass is 10.1. The summed E-state index contributed by atoms with van der Waals surface area (Å²) >= 11 is 0. The van der Waals surface area contributed by atoms with E-state index in [1.54, 1.807) is 0 Å². The molecule has 0 saturated carbocycles. The molecule has 0 bridgehead atoms. The third-order valence-electron chi connectivity index (χ3n) is 2.73. The number of aliphatic hydroxyl groups is 1. The molecule has 0 aliphatic rings. The Hall–Kier alpha value is -1.39. The molecule has 0 aliphatic heterocycles. The first-order chi connectivity index (χ1) is 9.26. The smallest absolute Gasteiger partial charge is 0.224 e. The highest BCUT2D eigenvalue weighted by atomic mass is 16.5. The van der Waals surface area contributed by atoms with Gasteiger partial charge in [-0.05, 0) is 43.9 Å². The van der Waals surface area contributed by atoms with E-state index in [-0.39, 0.29) is 12.5 Å². The van der Waals surface area contributed by atoms with E-state index < -0.39 is 0 Å². The Morgan fingerprint density at radius 1 is 1.37 bits per heavy atom. The van der Waals surface area contributed by atoms with E-state index >= 15 is 0 Å². The molecule has 0 heterocycles. The van der Waals surface area contributed by atoms with E-state index in [2.05, 4.69) is 5.32 Å². The minimum absolute atomic E-state index is 0.0130. The monoisotopic (exact) mass is 265 g/mol. The number of amides is 1. The van der Waals surface area contributed by atoms with Crippen LogP contribution in [-0.4, -0.2) is 30.8 Å². The normalized spacial score (nSPS) is 10.4. The van der Waals surface area contributed by atoms with Crippen molar-refractivity contribution in [3.8, 4) is 0 Å². The predicted octanol–water partition coefficient (Wildman–Crippen LogP) is 2.37. The number of aliphatic hydroxyl groups excluding tert-OH is 1. The molecule has 0 aliphatic carbocycles.